The molecule has 6 rings (SSSR count). The van der Waals surface area contributed by atoms with Crippen LogP contribution in [0.4, 0.5) is 49.4 Å². The fraction of sp³-hybridized carbons (Fsp3) is 0.176. The van der Waals surface area contributed by atoms with E-state index in [9.17, 15) is 36.5 Å². The number of pyridine rings is 4. The lowest BCUT2D eigenvalue weighted by Crippen LogP contribution is -2.24. The van der Waals surface area contributed by atoms with Crippen LogP contribution in [0.3, 0.4) is 0 Å². The first kappa shape index (κ1) is 41.5. The predicted octanol–water partition coefficient (Wildman–Crippen LogP) is 5.60. The zero-order valence-corrected chi connectivity index (χ0v) is 29.2. The maximum Gasteiger partial charge on any atom is 0.418 e. The largest absolute Gasteiger partial charge is 0.418 e. The summed E-state index contributed by atoms with van der Waals surface area (Å²) in [7, 11) is 0. The average Bonchev–Trinajstić information content (AvgIpc) is 3.87. The van der Waals surface area contributed by atoms with E-state index in [1.165, 1.54) is 76.8 Å². The summed E-state index contributed by atoms with van der Waals surface area (Å²) in [6, 6.07) is 11.1. The zero-order valence-electron chi connectivity index (χ0n) is 29.2. The van der Waals surface area contributed by atoms with Crippen LogP contribution in [0, 0.1) is 32.8 Å². The first-order valence-corrected chi connectivity index (χ1v) is 16.1. The topological polar surface area (TPSA) is 274 Å². The minimum absolute atomic E-state index is 0.163. The molecule has 0 aliphatic carbocycles. The van der Waals surface area contributed by atoms with Crippen molar-refractivity contribution in [2.45, 2.75) is 24.6 Å². The summed E-state index contributed by atoms with van der Waals surface area (Å²) in [5.74, 6) is 0.374. The second kappa shape index (κ2) is 17.4. The highest BCUT2D eigenvalue weighted by atomic mass is 19.4. The highest BCUT2D eigenvalue weighted by Crippen LogP contribution is 2.37. The lowest BCUT2D eigenvalue weighted by atomic mass is 10.1. The van der Waals surface area contributed by atoms with Crippen molar-refractivity contribution in [3.8, 4) is 46.0 Å². The lowest BCUT2D eigenvalue weighted by molar-refractivity contribution is -0.383. The Kier molecular flexibility index (Phi) is 12.4. The van der Waals surface area contributed by atoms with Gasteiger partial charge < -0.3 is 26.7 Å². The summed E-state index contributed by atoms with van der Waals surface area (Å²) in [5.41, 5.74) is 18.4. The molecule has 24 heteroatoms. The Morgan fingerprint density at radius 3 is 1.55 bits per heavy atom. The Bertz CT molecular complexity index is 2460. The maximum atomic E-state index is 13.1. The molecule has 0 saturated carbocycles. The monoisotopic (exact) mass is 808 g/mol. The maximum absolute atomic E-state index is 13.1. The molecule has 18 nitrogen and oxygen atoms in total. The van der Waals surface area contributed by atoms with E-state index < -0.39 is 42.7 Å². The second-order valence-corrected chi connectivity index (χ2v) is 11.5. The smallest absolute Gasteiger partial charge is 0.395 e. The molecule has 6 N–H and O–H groups in total. The SMILES string of the molecule is N#CCOC(c1ccc(-n2cc(-c3ccnc(N)c3N)cn2)nc1)C(F)(F)F.N#CCOC(c1ccc(-n2cc(-c3ccnc(N)c3[N+](=O)[O-])cn2)nc1)C(F)(F)F. The summed E-state index contributed by atoms with van der Waals surface area (Å²) >= 11 is 0. The van der Waals surface area contributed by atoms with Crippen LogP contribution in [-0.4, -0.2) is 70.0 Å². The first-order chi connectivity index (χ1) is 27.5. The molecular formula is C34H26F6N14O4. The molecule has 0 amide bonds. The molecule has 58 heavy (non-hydrogen) atoms. The summed E-state index contributed by atoms with van der Waals surface area (Å²) in [5, 5.41) is 36.4. The van der Waals surface area contributed by atoms with Gasteiger partial charge in [0.15, 0.2) is 23.8 Å². The number of alkyl halides is 6. The van der Waals surface area contributed by atoms with Gasteiger partial charge in [0.2, 0.25) is 5.82 Å². The fourth-order valence-electron chi connectivity index (χ4n) is 5.19. The van der Waals surface area contributed by atoms with Gasteiger partial charge in [0.1, 0.15) is 19.0 Å². The molecule has 2 unspecified atom stereocenters. The van der Waals surface area contributed by atoms with Crippen molar-refractivity contribution in [3.05, 3.63) is 107 Å². The van der Waals surface area contributed by atoms with E-state index >= 15 is 0 Å². The van der Waals surface area contributed by atoms with Crippen molar-refractivity contribution >= 4 is 23.0 Å². The fourth-order valence-corrected chi connectivity index (χ4v) is 5.19. The third-order valence-corrected chi connectivity index (χ3v) is 7.78. The highest BCUT2D eigenvalue weighted by molar-refractivity contribution is 5.82. The molecule has 6 heterocycles. The van der Waals surface area contributed by atoms with Gasteiger partial charge in [-0.1, -0.05) is 12.1 Å². The molecule has 0 spiro atoms. The number of hydrogen-bond donors (Lipinski definition) is 3. The summed E-state index contributed by atoms with van der Waals surface area (Å²) < 4.78 is 90.5. The lowest BCUT2D eigenvalue weighted by Gasteiger charge is -2.19. The third kappa shape index (κ3) is 9.56. The van der Waals surface area contributed by atoms with Gasteiger partial charge in [-0.2, -0.15) is 47.1 Å². The zero-order chi connectivity index (χ0) is 42.2. The Hall–Kier alpha value is -7.70. The van der Waals surface area contributed by atoms with Crippen LogP contribution in [0.1, 0.15) is 23.3 Å². The third-order valence-electron chi connectivity index (χ3n) is 7.78. The molecule has 0 bridgehead atoms. The van der Waals surface area contributed by atoms with Crippen LogP contribution in [0.15, 0.2) is 86.0 Å². The van der Waals surface area contributed by atoms with Gasteiger partial charge in [0.25, 0.3) is 0 Å². The molecule has 0 fully saturated rings. The van der Waals surface area contributed by atoms with E-state index in [-0.39, 0.29) is 45.6 Å². The van der Waals surface area contributed by atoms with Crippen molar-refractivity contribution in [1.29, 1.82) is 10.5 Å². The Morgan fingerprint density at radius 2 is 1.14 bits per heavy atom. The minimum atomic E-state index is -4.72. The highest BCUT2D eigenvalue weighted by Gasteiger charge is 2.43. The molecule has 0 aliphatic heterocycles. The Labute approximate surface area is 321 Å². The molecule has 0 aliphatic rings. The van der Waals surface area contributed by atoms with Gasteiger partial charge in [0, 0.05) is 65.0 Å². The van der Waals surface area contributed by atoms with E-state index in [2.05, 4.69) is 39.6 Å². The van der Waals surface area contributed by atoms with Gasteiger partial charge in [-0.3, -0.25) is 10.1 Å². The standard InChI is InChI=1S/C17H12F3N7O3.C17H14F3N7O/c18-17(19,20)15(30-6-4-21)10-1-2-13(24-7-10)26-9-11(8-25-26)12-3-5-23-16(22)14(12)27(28)29;18-17(19,20)15(28-6-4-21)10-1-2-13(25-7-10)27-9-11(8-26-27)12-3-5-24-16(23)14(12)22/h1-3,5,7-9,15H,6H2,(H2,22,23);1-3,5,7-9,15H,6,22H2,(H2,23,24). The number of rotatable bonds is 11. The molecule has 6 aromatic heterocycles. The molecule has 0 saturated heterocycles. The summed E-state index contributed by atoms with van der Waals surface area (Å²) in [4.78, 5) is 26.1. The normalized spacial score (nSPS) is 12.4. The van der Waals surface area contributed by atoms with Crippen LogP contribution >= 0.6 is 0 Å². The Morgan fingerprint density at radius 1 is 0.690 bits per heavy atom. The van der Waals surface area contributed by atoms with E-state index in [0.717, 1.165) is 18.5 Å². The van der Waals surface area contributed by atoms with Crippen molar-refractivity contribution in [1.82, 2.24) is 39.5 Å². The van der Waals surface area contributed by atoms with E-state index in [4.69, 9.17) is 27.7 Å². The molecule has 0 radical (unpaired) electrons. The number of halogens is 6. The minimum Gasteiger partial charge on any atom is -0.395 e. The van der Waals surface area contributed by atoms with Crippen molar-refractivity contribution < 1.29 is 40.7 Å². The second-order valence-electron chi connectivity index (χ2n) is 11.5. The molecule has 298 valence electrons. The summed E-state index contributed by atoms with van der Waals surface area (Å²) in [6.07, 6.45) is -3.25. The van der Waals surface area contributed by atoms with Gasteiger partial charge >= 0.3 is 18.0 Å². The molecule has 6 aromatic rings. The van der Waals surface area contributed by atoms with Gasteiger partial charge in [-0.15, -0.1) is 0 Å². The number of ether oxygens (including phenoxy) is 2. The van der Waals surface area contributed by atoms with Gasteiger partial charge in [0.05, 0.1) is 40.7 Å². The average molecular weight is 809 g/mol. The number of nitrogen functional groups attached to an aromatic ring is 3. The van der Waals surface area contributed by atoms with E-state index in [1.807, 2.05) is 0 Å². The number of anilines is 3. The molecule has 2 atom stereocenters. The number of hydrogen-bond acceptors (Lipinski definition) is 15. The van der Waals surface area contributed by atoms with Crippen LogP contribution in [0.2, 0.25) is 0 Å². The van der Waals surface area contributed by atoms with Gasteiger partial charge in [-0.25, -0.2) is 29.3 Å². The number of nitrogens with two attached hydrogens (primary N) is 3. The Balaban J connectivity index is 0.000000221. The van der Waals surface area contributed by atoms with Crippen LogP contribution < -0.4 is 17.2 Å². The van der Waals surface area contributed by atoms with Crippen molar-refractivity contribution in [2.24, 2.45) is 0 Å². The number of nitriles is 2. The van der Waals surface area contributed by atoms with Crippen molar-refractivity contribution in [2.75, 3.05) is 30.4 Å². The quantitative estimate of drug-likeness (QED) is 0.0816. The van der Waals surface area contributed by atoms with E-state index in [1.54, 1.807) is 12.3 Å². The number of aromatic nitrogens is 8. The van der Waals surface area contributed by atoms with Crippen LogP contribution in [0.25, 0.3) is 33.9 Å². The van der Waals surface area contributed by atoms with Crippen LogP contribution in [-0.2, 0) is 9.47 Å². The van der Waals surface area contributed by atoms with E-state index in [0.29, 0.717) is 22.4 Å². The number of nitro groups is 1. The molecule has 0 aromatic carbocycles. The number of nitrogens with zero attached hydrogens (tertiary/aromatic N) is 11. The van der Waals surface area contributed by atoms with Crippen LogP contribution in [0.5, 0.6) is 0 Å². The molecular weight excluding hydrogens is 782 g/mol. The van der Waals surface area contributed by atoms with Crippen molar-refractivity contribution in [3.63, 3.8) is 0 Å². The van der Waals surface area contributed by atoms with Gasteiger partial charge in [-0.05, 0) is 24.3 Å². The predicted molar refractivity (Wildman–Crippen MR) is 190 cm³/mol. The first-order valence-electron chi connectivity index (χ1n) is 16.1. The summed E-state index contributed by atoms with van der Waals surface area (Å²) in [6.45, 7) is -1.42.